The van der Waals surface area contributed by atoms with Crippen LogP contribution in [0.3, 0.4) is 0 Å². The second-order valence-corrected chi connectivity index (χ2v) is 6.47. The first-order valence-corrected chi connectivity index (χ1v) is 7.71. The first kappa shape index (κ1) is 15.5. The van der Waals surface area contributed by atoms with Crippen LogP contribution in [0.4, 0.5) is 0 Å². The monoisotopic (exact) mass is 320 g/mol. The number of amides is 2. The number of aliphatic carboxylic acids is 1. The van der Waals surface area contributed by atoms with E-state index in [1.807, 2.05) is 0 Å². The summed E-state index contributed by atoms with van der Waals surface area (Å²) < 4.78 is 0. The van der Waals surface area contributed by atoms with Gasteiger partial charge >= 0.3 is 5.97 Å². The highest BCUT2D eigenvalue weighted by Gasteiger charge is 2.49. The van der Waals surface area contributed by atoms with E-state index in [1.54, 1.807) is 11.0 Å². The maximum atomic E-state index is 12.3. The molecule has 1 spiro atoms. The Morgan fingerprint density at radius 2 is 2.04 bits per heavy atom. The number of aromatic amines is 1. The Kier molecular flexibility index (Phi) is 3.83. The van der Waals surface area contributed by atoms with Crippen molar-refractivity contribution in [2.75, 3.05) is 19.6 Å². The zero-order valence-corrected chi connectivity index (χ0v) is 13.0. The third-order valence-electron chi connectivity index (χ3n) is 5.04. The van der Waals surface area contributed by atoms with Gasteiger partial charge in [0.15, 0.2) is 0 Å². The van der Waals surface area contributed by atoms with E-state index in [4.69, 9.17) is 0 Å². The molecule has 1 atom stereocenters. The molecule has 3 heterocycles. The summed E-state index contributed by atoms with van der Waals surface area (Å²) in [6.07, 6.45) is 3.42. The van der Waals surface area contributed by atoms with Crippen LogP contribution in [0.25, 0.3) is 0 Å². The van der Waals surface area contributed by atoms with Crippen LogP contribution in [0.1, 0.15) is 36.7 Å². The summed E-state index contributed by atoms with van der Waals surface area (Å²) in [6.45, 7) is 3.00. The van der Waals surface area contributed by atoms with Crippen molar-refractivity contribution in [3.8, 4) is 0 Å². The average Bonchev–Trinajstić information content (AvgIpc) is 3.15. The van der Waals surface area contributed by atoms with Crippen molar-refractivity contribution in [3.63, 3.8) is 0 Å². The molecule has 1 aromatic heterocycles. The molecule has 0 aromatic carbocycles. The highest BCUT2D eigenvalue weighted by atomic mass is 16.4. The van der Waals surface area contributed by atoms with Crippen LogP contribution in [-0.4, -0.2) is 68.6 Å². The van der Waals surface area contributed by atoms with Crippen LogP contribution in [0, 0.1) is 5.41 Å². The number of nitrogens with one attached hydrogen (secondary N) is 1. The summed E-state index contributed by atoms with van der Waals surface area (Å²) in [5.41, 5.74) is 0.264. The Bertz CT molecular complexity index is 595. The van der Waals surface area contributed by atoms with E-state index in [-0.39, 0.29) is 17.2 Å². The van der Waals surface area contributed by atoms with Crippen molar-refractivity contribution in [1.82, 2.24) is 20.0 Å². The predicted molar refractivity (Wildman–Crippen MR) is 79.6 cm³/mol. The number of likely N-dealkylation sites (tertiary alicyclic amines) is 2. The molecule has 0 aliphatic carbocycles. The molecule has 0 radical (unpaired) electrons. The number of carbonyl (C=O) groups is 3. The number of rotatable bonds is 2. The smallest absolute Gasteiger partial charge is 0.326 e. The van der Waals surface area contributed by atoms with Gasteiger partial charge < -0.3 is 14.9 Å². The Morgan fingerprint density at radius 1 is 1.35 bits per heavy atom. The van der Waals surface area contributed by atoms with Crippen molar-refractivity contribution in [2.24, 2.45) is 5.41 Å². The second-order valence-electron chi connectivity index (χ2n) is 6.47. The highest BCUT2D eigenvalue weighted by Crippen LogP contribution is 2.43. The fraction of sp³-hybridized carbons (Fsp3) is 0.600. The van der Waals surface area contributed by atoms with E-state index in [9.17, 15) is 19.5 Å². The Labute approximate surface area is 133 Å². The lowest BCUT2D eigenvalue weighted by atomic mass is 9.76. The molecule has 2 N–H and O–H groups in total. The third-order valence-corrected chi connectivity index (χ3v) is 5.04. The molecule has 2 saturated heterocycles. The minimum Gasteiger partial charge on any atom is -0.480 e. The largest absolute Gasteiger partial charge is 0.480 e. The molecule has 2 aliphatic heterocycles. The predicted octanol–water partition coefficient (Wildman–Crippen LogP) is 0.338. The molecule has 8 heteroatoms. The molecule has 1 aromatic rings. The summed E-state index contributed by atoms with van der Waals surface area (Å²) >= 11 is 0. The lowest BCUT2D eigenvalue weighted by Crippen LogP contribution is -2.44. The molecule has 2 aliphatic rings. The number of nitrogens with zero attached hydrogens (tertiary/aromatic N) is 3. The third kappa shape index (κ3) is 2.80. The van der Waals surface area contributed by atoms with Crippen LogP contribution < -0.4 is 0 Å². The number of hydrogen-bond donors (Lipinski definition) is 2. The van der Waals surface area contributed by atoms with Gasteiger partial charge in [-0.05, 0) is 30.7 Å². The van der Waals surface area contributed by atoms with E-state index >= 15 is 0 Å². The van der Waals surface area contributed by atoms with E-state index in [0.29, 0.717) is 44.6 Å². The number of H-pyrrole nitrogens is 1. The lowest BCUT2D eigenvalue weighted by Gasteiger charge is -2.38. The zero-order chi connectivity index (χ0) is 16.6. The van der Waals surface area contributed by atoms with Gasteiger partial charge in [0, 0.05) is 32.8 Å². The maximum absolute atomic E-state index is 12.3. The van der Waals surface area contributed by atoms with Crippen molar-refractivity contribution >= 4 is 17.8 Å². The van der Waals surface area contributed by atoms with Crippen LogP contribution in [0.2, 0.25) is 0 Å². The normalized spacial score (nSPS) is 23.3. The summed E-state index contributed by atoms with van der Waals surface area (Å²) in [4.78, 5) is 38.6. The molecule has 0 saturated carbocycles. The molecule has 2 fully saturated rings. The van der Waals surface area contributed by atoms with Gasteiger partial charge in [-0.3, -0.25) is 14.7 Å². The molecular weight excluding hydrogens is 300 g/mol. The molecule has 124 valence electrons. The topological polar surface area (TPSA) is 107 Å². The van der Waals surface area contributed by atoms with E-state index < -0.39 is 12.0 Å². The van der Waals surface area contributed by atoms with Gasteiger partial charge in [-0.15, -0.1) is 0 Å². The van der Waals surface area contributed by atoms with Crippen LogP contribution >= 0.6 is 0 Å². The molecule has 3 rings (SSSR count). The number of carboxylic acid groups (broad SMARTS) is 1. The fourth-order valence-corrected chi connectivity index (χ4v) is 3.70. The summed E-state index contributed by atoms with van der Waals surface area (Å²) in [7, 11) is 0. The molecule has 2 amide bonds. The number of aromatic nitrogens is 2. The van der Waals surface area contributed by atoms with Gasteiger partial charge in [-0.25, -0.2) is 4.79 Å². The summed E-state index contributed by atoms with van der Waals surface area (Å²) in [5.74, 6) is -1.24. The standard InChI is InChI=1S/C15H20N4O4/c1-10(20)19-9-15(8-12(19)14(22)23)3-6-18(7-4-15)13(21)11-2-5-16-17-11/h2,5,12H,3-4,6-9H2,1H3,(H,16,17)(H,22,23)/t12-/m1/s1. The first-order valence-electron chi connectivity index (χ1n) is 7.71. The Hall–Kier alpha value is -2.38. The average molecular weight is 320 g/mol. The number of piperidine rings is 1. The van der Waals surface area contributed by atoms with Crippen molar-refractivity contribution in [2.45, 2.75) is 32.2 Å². The Balaban J connectivity index is 1.67. The first-order chi connectivity index (χ1) is 10.9. The summed E-state index contributed by atoms with van der Waals surface area (Å²) in [5, 5.41) is 15.8. The van der Waals surface area contributed by atoms with Crippen molar-refractivity contribution < 1.29 is 19.5 Å². The van der Waals surface area contributed by atoms with Crippen LogP contribution in [-0.2, 0) is 9.59 Å². The summed E-state index contributed by atoms with van der Waals surface area (Å²) in [6, 6.07) is 0.891. The minimum absolute atomic E-state index is 0.0893. The van der Waals surface area contributed by atoms with Gasteiger partial charge in [-0.1, -0.05) is 0 Å². The van der Waals surface area contributed by atoms with Gasteiger partial charge in [0.25, 0.3) is 5.91 Å². The highest BCUT2D eigenvalue weighted by molar-refractivity contribution is 5.92. The van der Waals surface area contributed by atoms with Gasteiger partial charge in [-0.2, -0.15) is 5.10 Å². The lowest BCUT2D eigenvalue weighted by molar-refractivity contribution is -0.147. The maximum Gasteiger partial charge on any atom is 0.326 e. The fourth-order valence-electron chi connectivity index (χ4n) is 3.70. The number of hydrogen-bond acceptors (Lipinski definition) is 4. The molecule has 0 bridgehead atoms. The van der Waals surface area contributed by atoms with Gasteiger partial charge in [0.2, 0.25) is 5.91 Å². The molecule has 0 unspecified atom stereocenters. The van der Waals surface area contributed by atoms with E-state index in [2.05, 4.69) is 10.2 Å². The zero-order valence-electron chi connectivity index (χ0n) is 13.0. The molecule has 8 nitrogen and oxygen atoms in total. The van der Waals surface area contributed by atoms with Crippen LogP contribution in [0.15, 0.2) is 12.3 Å². The van der Waals surface area contributed by atoms with Gasteiger partial charge in [0.05, 0.1) is 0 Å². The van der Waals surface area contributed by atoms with Crippen molar-refractivity contribution in [3.05, 3.63) is 18.0 Å². The second kappa shape index (κ2) is 5.68. The van der Waals surface area contributed by atoms with Crippen molar-refractivity contribution in [1.29, 1.82) is 0 Å². The SMILES string of the molecule is CC(=O)N1CC2(CCN(C(=O)c3ccn[nH]3)CC2)C[C@@H]1C(=O)O. The number of carbonyl (C=O) groups excluding carboxylic acids is 2. The quantitative estimate of drug-likeness (QED) is 0.817. The van der Waals surface area contributed by atoms with Crippen LogP contribution in [0.5, 0.6) is 0 Å². The number of carboxylic acids is 1. The van der Waals surface area contributed by atoms with E-state index in [1.165, 1.54) is 18.0 Å². The molecular formula is C15H20N4O4. The minimum atomic E-state index is -0.951. The van der Waals surface area contributed by atoms with Gasteiger partial charge in [0.1, 0.15) is 11.7 Å². The van der Waals surface area contributed by atoms with E-state index in [0.717, 1.165) is 0 Å². The molecule has 23 heavy (non-hydrogen) atoms. The Morgan fingerprint density at radius 3 is 2.52 bits per heavy atom.